The van der Waals surface area contributed by atoms with Gasteiger partial charge >= 0.3 is 0 Å². The number of carbonyl (C=O) groups is 1. The molecule has 0 aromatic rings. The molecule has 0 N–H and O–H groups in total. The Morgan fingerprint density at radius 2 is 2.05 bits per heavy atom. The summed E-state index contributed by atoms with van der Waals surface area (Å²) in [6.45, 7) is 3.89. The predicted molar refractivity (Wildman–Crippen MR) is 70.8 cm³/mol. The van der Waals surface area contributed by atoms with Crippen LogP contribution in [0.3, 0.4) is 0 Å². The summed E-state index contributed by atoms with van der Waals surface area (Å²) < 4.78 is 12.1. The first-order valence-corrected chi connectivity index (χ1v) is 7.59. The normalized spacial score (nSPS) is 40.0. The van der Waals surface area contributed by atoms with Gasteiger partial charge in [0.05, 0.1) is 26.9 Å². The van der Waals surface area contributed by atoms with Crippen LogP contribution in [-0.4, -0.2) is 38.5 Å². The van der Waals surface area contributed by atoms with E-state index in [1.54, 1.807) is 0 Å². The average molecular weight is 284 g/mol. The van der Waals surface area contributed by atoms with E-state index in [0.29, 0.717) is 32.0 Å². The number of carbonyl (C=O) groups excluding carboxylic acids is 1. The SMILES string of the molecule is COOCC1C(=O)CCC2(C)C1CCCC21OCCO1. The largest absolute Gasteiger partial charge is 0.347 e. The molecular weight excluding hydrogens is 260 g/mol. The summed E-state index contributed by atoms with van der Waals surface area (Å²) in [6, 6.07) is 0. The van der Waals surface area contributed by atoms with E-state index in [1.165, 1.54) is 7.11 Å². The maximum atomic E-state index is 12.3. The smallest absolute Gasteiger partial charge is 0.174 e. The molecule has 3 aliphatic rings. The molecule has 0 aromatic carbocycles. The fourth-order valence-electron chi connectivity index (χ4n) is 4.53. The van der Waals surface area contributed by atoms with Crippen molar-refractivity contribution in [3.05, 3.63) is 0 Å². The Hall–Kier alpha value is -0.490. The van der Waals surface area contributed by atoms with Crippen molar-refractivity contribution in [1.82, 2.24) is 0 Å². The van der Waals surface area contributed by atoms with Crippen molar-refractivity contribution in [3.8, 4) is 0 Å². The second kappa shape index (κ2) is 5.37. The van der Waals surface area contributed by atoms with Gasteiger partial charge in [0.2, 0.25) is 0 Å². The summed E-state index contributed by atoms with van der Waals surface area (Å²) in [5.74, 6) is -0.0360. The summed E-state index contributed by atoms with van der Waals surface area (Å²) in [4.78, 5) is 22.1. The first-order chi connectivity index (χ1) is 9.63. The maximum absolute atomic E-state index is 12.3. The predicted octanol–water partition coefficient (Wildman–Crippen LogP) is 2.09. The van der Waals surface area contributed by atoms with Crippen molar-refractivity contribution in [1.29, 1.82) is 0 Å². The van der Waals surface area contributed by atoms with Gasteiger partial charge in [-0.25, -0.2) is 9.78 Å². The minimum atomic E-state index is -0.484. The lowest BCUT2D eigenvalue weighted by Crippen LogP contribution is -2.59. The molecule has 5 heteroatoms. The van der Waals surface area contributed by atoms with Crippen LogP contribution in [0.4, 0.5) is 0 Å². The molecule has 0 bridgehead atoms. The molecule has 2 saturated carbocycles. The Kier molecular flexibility index (Phi) is 3.88. The standard InChI is InChI=1S/C15H24O5/c1-14-7-5-13(16)11(10-20-17-2)12(14)4-3-6-15(14)18-8-9-19-15/h11-12H,3-10H2,1-2H3. The summed E-state index contributed by atoms with van der Waals surface area (Å²) in [5, 5.41) is 0. The van der Waals surface area contributed by atoms with Crippen molar-refractivity contribution in [3.63, 3.8) is 0 Å². The molecule has 1 spiro atoms. The van der Waals surface area contributed by atoms with E-state index in [1.807, 2.05) is 0 Å². The van der Waals surface area contributed by atoms with Crippen LogP contribution in [0.1, 0.15) is 39.0 Å². The van der Waals surface area contributed by atoms with Crippen molar-refractivity contribution >= 4 is 5.78 Å². The Labute approximate surface area is 119 Å². The second-order valence-electron chi connectivity index (χ2n) is 6.39. The summed E-state index contributed by atoms with van der Waals surface area (Å²) in [7, 11) is 1.48. The third-order valence-electron chi connectivity index (χ3n) is 5.62. The number of ether oxygens (including phenoxy) is 2. The van der Waals surface area contributed by atoms with Crippen LogP contribution in [0.5, 0.6) is 0 Å². The highest BCUT2D eigenvalue weighted by Crippen LogP contribution is 2.59. The Bertz CT molecular complexity index is 376. The molecule has 3 unspecified atom stereocenters. The fourth-order valence-corrected chi connectivity index (χ4v) is 4.53. The summed E-state index contributed by atoms with van der Waals surface area (Å²) in [5.41, 5.74) is -0.0998. The molecule has 1 heterocycles. The highest BCUT2D eigenvalue weighted by Gasteiger charge is 2.62. The van der Waals surface area contributed by atoms with Gasteiger partial charge in [0, 0.05) is 24.2 Å². The molecule has 1 aliphatic heterocycles. The topological polar surface area (TPSA) is 54.0 Å². The molecule has 3 fully saturated rings. The zero-order chi connectivity index (χ0) is 14.2. The Morgan fingerprint density at radius 3 is 2.75 bits per heavy atom. The van der Waals surface area contributed by atoms with E-state index >= 15 is 0 Å². The number of Topliss-reactive ketones (excluding diaryl/α,β-unsaturated/α-hetero) is 1. The molecule has 0 amide bonds. The zero-order valence-electron chi connectivity index (χ0n) is 12.4. The molecule has 5 nitrogen and oxygen atoms in total. The highest BCUT2D eigenvalue weighted by molar-refractivity contribution is 5.82. The lowest BCUT2D eigenvalue weighted by atomic mass is 9.53. The van der Waals surface area contributed by atoms with Gasteiger partial charge in [0.25, 0.3) is 0 Å². The van der Waals surface area contributed by atoms with Gasteiger partial charge < -0.3 is 9.47 Å². The number of rotatable bonds is 3. The minimum absolute atomic E-state index is 0.0984. The second-order valence-corrected chi connectivity index (χ2v) is 6.39. The zero-order valence-corrected chi connectivity index (χ0v) is 12.4. The monoisotopic (exact) mass is 284 g/mol. The third kappa shape index (κ3) is 2.03. The highest BCUT2D eigenvalue weighted by atomic mass is 17.2. The maximum Gasteiger partial charge on any atom is 0.174 e. The summed E-state index contributed by atoms with van der Waals surface area (Å²) in [6.07, 6.45) is 4.44. The number of hydrogen-bond acceptors (Lipinski definition) is 5. The van der Waals surface area contributed by atoms with Gasteiger partial charge in [-0.3, -0.25) is 4.79 Å². The van der Waals surface area contributed by atoms with Crippen molar-refractivity contribution in [2.75, 3.05) is 26.9 Å². The van der Waals surface area contributed by atoms with Crippen molar-refractivity contribution < 1.29 is 24.0 Å². The van der Waals surface area contributed by atoms with E-state index in [0.717, 1.165) is 25.7 Å². The average Bonchev–Trinajstić information content (AvgIpc) is 2.91. The first kappa shape index (κ1) is 14.4. The molecule has 0 aromatic heterocycles. The van der Waals surface area contributed by atoms with Crippen LogP contribution in [0.2, 0.25) is 0 Å². The van der Waals surface area contributed by atoms with Gasteiger partial charge in [-0.2, -0.15) is 0 Å². The van der Waals surface area contributed by atoms with E-state index < -0.39 is 5.79 Å². The molecule has 20 heavy (non-hydrogen) atoms. The van der Waals surface area contributed by atoms with Gasteiger partial charge in [0.1, 0.15) is 5.78 Å². The molecule has 3 rings (SSSR count). The number of fused-ring (bicyclic) bond motifs is 2. The number of ketones is 1. The molecule has 2 aliphatic carbocycles. The van der Waals surface area contributed by atoms with Gasteiger partial charge in [-0.05, 0) is 25.2 Å². The van der Waals surface area contributed by atoms with Gasteiger partial charge in [-0.15, -0.1) is 0 Å². The van der Waals surface area contributed by atoms with E-state index in [9.17, 15) is 4.79 Å². The molecule has 1 saturated heterocycles. The third-order valence-corrected chi connectivity index (χ3v) is 5.62. The lowest BCUT2D eigenvalue weighted by Gasteiger charge is -2.56. The van der Waals surface area contributed by atoms with Crippen molar-refractivity contribution in [2.24, 2.45) is 17.3 Å². The van der Waals surface area contributed by atoms with Crippen LogP contribution < -0.4 is 0 Å². The molecule has 3 atom stereocenters. The van der Waals surface area contributed by atoms with E-state index in [4.69, 9.17) is 19.2 Å². The van der Waals surface area contributed by atoms with E-state index in [-0.39, 0.29) is 17.3 Å². The Morgan fingerprint density at radius 1 is 1.30 bits per heavy atom. The van der Waals surface area contributed by atoms with Crippen LogP contribution in [-0.2, 0) is 24.0 Å². The number of hydrogen-bond donors (Lipinski definition) is 0. The van der Waals surface area contributed by atoms with E-state index in [2.05, 4.69) is 6.92 Å². The minimum Gasteiger partial charge on any atom is -0.347 e. The van der Waals surface area contributed by atoms with Gasteiger partial charge in [-0.1, -0.05) is 6.92 Å². The van der Waals surface area contributed by atoms with Crippen molar-refractivity contribution in [2.45, 2.75) is 44.8 Å². The molecule has 0 radical (unpaired) electrons. The summed E-state index contributed by atoms with van der Waals surface area (Å²) >= 11 is 0. The quantitative estimate of drug-likeness (QED) is 0.587. The fraction of sp³-hybridized carbons (Fsp3) is 0.933. The molecule has 114 valence electrons. The van der Waals surface area contributed by atoms with Crippen LogP contribution in [0.25, 0.3) is 0 Å². The first-order valence-electron chi connectivity index (χ1n) is 7.59. The van der Waals surface area contributed by atoms with Crippen LogP contribution in [0, 0.1) is 17.3 Å². The Balaban J connectivity index is 1.88. The van der Waals surface area contributed by atoms with Crippen LogP contribution in [0.15, 0.2) is 0 Å². The lowest BCUT2D eigenvalue weighted by molar-refractivity contribution is -0.304. The van der Waals surface area contributed by atoms with Gasteiger partial charge in [0.15, 0.2) is 5.79 Å². The molecular formula is C15H24O5. The van der Waals surface area contributed by atoms with Crippen LogP contribution >= 0.6 is 0 Å².